The highest BCUT2D eigenvalue weighted by Gasteiger charge is 2.38. The van der Waals surface area contributed by atoms with Gasteiger partial charge in [0.05, 0.1) is 36.1 Å². The lowest BCUT2D eigenvalue weighted by Crippen LogP contribution is -2.15. The number of thiazole rings is 1. The van der Waals surface area contributed by atoms with Crippen molar-refractivity contribution < 1.29 is 52.2 Å². The standard InChI is InChI=1S/C29H27F3N4O8S2/c1-16-6-3-4-9-20(16)43-14-34-27-25(29(30,31)32)35-28(46-27)36-26(40)18-12-21(42-10-11-45-13-22(37)38)23-17(24(18)39)7-5-8-19(23)33-15-44-41-2/h3-9,12,15,34,39H,10-11,13-14H2,1-2H3,(H,37,38)(H,35,36,40). The molecule has 46 heavy (non-hydrogen) atoms. The SMILES string of the molecule is COOC=Nc1cccc2c(O)c(C(=O)Nc3nc(C(F)(F)F)c(NCOc4ccccc4C)s3)cc(OCCSCC(=O)O)c12. The van der Waals surface area contributed by atoms with Gasteiger partial charge in [0.1, 0.15) is 22.2 Å². The Morgan fingerprint density at radius 1 is 1.13 bits per heavy atom. The quantitative estimate of drug-likeness (QED) is 0.0272. The van der Waals surface area contributed by atoms with Gasteiger partial charge in [-0.3, -0.25) is 14.9 Å². The molecule has 1 amide bonds. The number of halogens is 3. The number of rotatable bonds is 15. The lowest BCUT2D eigenvalue weighted by molar-refractivity contribution is -0.187. The molecule has 244 valence electrons. The Morgan fingerprint density at radius 2 is 1.91 bits per heavy atom. The number of aliphatic imine (C=N–C) groups is 1. The van der Waals surface area contributed by atoms with E-state index < -0.39 is 34.6 Å². The molecule has 0 aliphatic heterocycles. The zero-order valence-electron chi connectivity index (χ0n) is 24.2. The van der Waals surface area contributed by atoms with Crippen molar-refractivity contribution in [2.75, 3.05) is 42.6 Å². The first-order chi connectivity index (χ1) is 22.0. The summed E-state index contributed by atoms with van der Waals surface area (Å²) < 4.78 is 52.9. The fourth-order valence-corrected chi connectivity index (χ4v) is 5.43. The molecule has 0 saturated carbocycles. The number of alkyl halides is 3. The third-order valence-corrected chi connectivity index (χ3v) is 7.87. The van der Waals surface area contributed by atoms with E-state index in [0.717, 1.165) is 23.7 Å². The third-order valence-electron chi connectivity index (χ3n) is 6.03. The molecule has 0 bridgehead atoms. The number of benzene rings is 3. The Balaban J connectivity index is 1.62. The number of aryl methyl sites for hydroxylation is 1. The molecular weight excluding hydrogens is 653 g/mol. The van der Waals surface area contributed by atoms with Gasteiger partial charge in [-0.2, -0.15) is 18.1 Å². The first kappa shape index (κ1) is 34.1. The number of aromatic nitrogens is 1. The number of carbonyl (C=O) groups is 2. The van der Waals surface area contributed by atoms with Gasteiger partial charge in [-0.05, 0) is 30.7 Å². The van der Waals surface area contributed by atoms with Gasteiger partial charge in [0.15, 0.2) is 17.6 Å². The van der Waals surface area contributed by atoms with Crippen molar-refractivity contribution in [1.82, 2.24) is 4.98 Å². The van der Waals surface area contributed by atoms with Crippen LogP contribution in [-0.2, 0) is 20.7 Å². The number of hydrogen-bond acceptors (Lipinski definition) is 12. The molecular formula is C29H27F3N4O8S2. The number of ether oxygens (including phenoxy) is 2. The van der Waals surface area contributed by atoms with Crippen molar-refractivity contribution in [2.45, 2.75) is 13.1 Å². The highest BCUT2D eigenvalue weighted by molar-refractivity contribution is 7.99. The topological polar surface area (TPSA) is 161 Å². The van der Waals surface area contributed by atoms with E-state index in [2.05, 4.69) is 25.5 Å². The van der Waals surface area contributed by atoms with Crippen LogP contribution in [0.4, 0.5) is 29.0 Å². The maximum atomic E-state index is 13.8. The fourth-order valence-electron chi connectivity index (χ4n) is 4.05. The summed E-state index contributed by atoms with van der Waals surface area (Å²) in [4.78, 5) is 41.1. The van der Waals surface area contributed by atoms with Crippen LogP contribution in [0.25, 0.3) is 10.8 Å². The number of thioether (sulfide) groups is 1. The summed E-state index contributed by atoms with van der Waals surface area (Å²) in [5.41, 5.74) is -0.524. The number of phenols is 1. The van der Waals surface area contributed by atoms with Gasteiger partial charge in [-0.25, -0.2) is 9.98 Å². The summed E-state index contributed by atoms with van der Waals surface area (Å²) in [6.45, 7) is 1.50. The predicted octanol–water partition coefficient (Wildman–Crippen LogP) is 6.46. The minimum atomic E-state index is -4.85. The molecule has 0 radical (unpaired) electrons. The Morgan fingerprint density at radius 3 is 2.63 bits per heavy atom. The number of carboxylic acids is 1. The largest absolute Gasteiger partial charge is 0.506 e. The number of anilines is 2. The molecule has 0 aliphatic rings. The molecule has 1 aromatic heterocycles. The summed E-state index contributed by atoms with van der Waals surface area (Å²) in [5, 5.41) is 24.5. The molecule has 4 N–H and O–H groups in total. The van der Waals surface area contributed by atoms with Crippen LogP contribution in [0.5, 0.6) is 17.2 Å². The van der Waals surface area contributed by atoms with Crippen LogP contribution in [0.3, 0.4) is 0 Å². The van der Waals surface area contributed by atoms with Crippen molar-refractivity contribution in [1.29, 1.82) is 0 Å². The van der Waals surface area contributed by atoms with Crippen molar-refractivity contribution in [3.8, 4) is 17.2 Å². The molecule has 4 rings (SSSR count). The fraction of sp³-hybridized carbons (Fsp3) is 0.241. The van der Waals surface area contributed by atoms with Crippen molar-refractivity contribution >= 4 is 68.0 Å². The minimum absolute atomic E-state index is 0.0204. The maximum Gasteiger partial charge on any atom is 0.436 e. The van der Waals surface area contributed by atoms with Crippen LogP contribution in [0, 0.1) is 6.92 Å². The summed E-state index contributed by atoms with van der Waals surface area (Å²) in [5.74, 6) is -1.77. The Hall–Kier alpha value is -4.74. The van der Waals surface area contributed by atoms with Crippen LogP contribution < -0.4 is 20.1 Å². The number of amides is 1. The first-order valence-corrected chi connectivity index (χ1v) is 15.2. The van der Waals surface area contributed by atoms with Crippen molar-refractivity contribution in [3.63, 3.8) is 0 Å². The Kier molecular flexibility index (Phi) is 11.5. The Labute approximate surface area is 268 Å². The molecule has 0 aliphatic carbocycles. The molecule has 3 aromatic carbocycles. The second-order valence-electron chi connectivity index (χ2n) is 9.14. The number of hydrogen-bond donors (Lipinski definition) is 4. The van der Waals surface area contributed by atoms with E-state index in [1.54, 1.807) is 43.3 Å². The smallest absolute Gasteiger partial charge is 0.436 e. The minimum Gasteiger partial charge on any atom is -0.506 e. The van der Waals surface area contributed by atoms with E-state index in [1.807, 2.05) is 0 Å². The van der Waals surface area contributed by atoms with Crippen LogP contribution in [0.15, 0.2) is 53.5 Å². The number of fused-ring (bicyclic) bond motifs is 1. The number of phenolic OH excluding ortho intramolecular Hbond substituents is 1. The zero-order valence-corrected chi connectivity index (χ0v) is 25.8. The number of para-hydroxylation sites is 1. The Bertz CT molecular complexity index is 1730. The average molecular weight is 681 g/mol. The number of aromatic hydroxyl groups is 1. The van der Waals surface area contributed by atoms with E-state index in [9.17, 15) is 27.9 Å². The van der Waals surface area contributed by atoms with Gasteiger partial charge >= 0.3 is 12.1 Å². The maximum absolute atomic E-state index is 13.8. The molecule has 0 saturated heterocycles. The van der Waals surface area contributed by atoms with E-state index >= 15 is 0 Å². The van der Waals surface area contributed by atoms with Gasteiger partial charge in [0.2, 0.25) is 6.40 Å². The van der Waals surface area contributed by atoms with Gasteiger partial charge in [-0.15, -0.1) is 11.8 Å². The van der Waals surface area contributed by atoms with Gasteiger partial charge in [0, 0.05) is 11.1 Å². The van der Waals surface area contributed by atoms with Crippen LogP contribution in [0.1, 0.15) is 21.6 Å². The number of carbonyl (C=O) groups excluding carboxylic acids is 1. The lowest BCUT2D eigenvalue weighted by Gasteiger charge is -2.15. The van der Waals surface area contributed by atoms with Crippen LogP contribution in [-0.4, -0.2) is 65.4 Å². The number of nitrogens with zero attached hydrogens (tertiary/aromatic N) is 2. The predicted molar refractivity (Wildman–Crippen MR) is 168 cm³/mol. The first-order valence-electron chi connectivity index (χ1n) is 13.2. The highest BCUT2D eigenvalue weighted by atomic mass is 32.2. The van der Waals surface area contributed by atoms with E-state index in [1.165, 1.54) is 19.2 Å². The second-order valence-corrected chi connectivity index (χ2v) is 11.2. The number of carboxylic acid groups (broad SMARTS) is 1. The van der Waals surface area contributed by atoms with Gasteiger partial charge < -0.3 is 29.9 Å². The molecule has 0 atom stereocenters. The summed E-state index contributed by atoms with van der Waals surface area (Å²) in [7, 11) is 1.27. The second kappa shape index (κ2) is 15.5. The molecule has 4 aromatic rings. The number of nitrogens with one attached hydrogen (secondary N) is 2. The van der Waals surface area contributed by atoms with Gasteiger partial charge in [-0.1, -0.05) is 41.7 Å². The molecule has 12 nitrogen and oxygen atoms in total. The summed E-state index contributed by atoms with van der Waals surface area (Å²) in [6.07, 6.45) is -3.85. The van der Waals surface area contributed by atoms with E-state index in [-0.39, 0.29) is 57.6 Å². The number of aliphatic carboxylic acids is 1. The lowest BCUT2D eigenvalue weighted by atomic mass is 10.0. The molecule has 0 unspecified atom stereocenters. The van der Waals surface area contributed by atoms with Crippen molar-refractivity contribution in [3.05, 3.63) is 65.4 Å². The van der Waals surface area contributed by atoms with Crippen LogP contribution >= 0.6 is 23.1 Å². The van der Waals surface area contributed by atoms with Crippen molar-refractivity contribution in [2.24, 2.45) is 4.99 Å². The molecule has 1 heterocycles. The summed E-state index contributed by atoms with van der Waals surface area (Å²) in [6, 6.07) is 12.8. The molecule has 17 heteroatoms. The van der Waals surface area contributed by atoms with E-state index in [4.69, 9.17) is 19.5 Å². The normalized spacial score (nSPS) is 11.5. The average Bonchev–Trinajstić information content (AvgIpc) is 3.42. The van der Waals surface area contributed by atoms with Gasteiger partial charge in [0.25, 0.3) is 5.91 Å². The molecule has 0 fully saturated rings. The summed E-state index contributed by atoms with van der Waals surface area (Å²) >= 11 is 1.63. The zero-order chi connectivity index (χ0) is 33.3. The third kappa shape index (κ3) is 8.70. The molecule has 0 spiro atoms. The van der Waals surface area contributed by atoms with Crippen LogP contribution in [0.2, 0.25) is 0 Å². The highest BCUT2D eigenvalue weighted by Crippen LogP contribution is 2.43. The van der Waals surface area contributed by atoms with E-state index in [0.29, 0.717) is 17.1 Å². The monoisotopic (exact) mass is 680 g/mol.